The molecule has 0 spiro atoms. The third-order valence-electron chi connectivity index (χ3n) is 3.76. The smallest absolute Gasteiger partial charge is 0.223 e. The number of hydrogen-bond donors (Lipinski definition) is 1. The number of nitrogens with zero attached hydrogens (tertiary/aromatic N) is 2. The molecule has 0 radical (unpaired) electrons. The summed E-state index contributed by atoms with van der Waals surface area (Å²) in [4.78, 5) is 13.5. The highest BCUT2D eigenvalue weighted by Gasteiger charge is 2.30. The Bertz CT molecular complexity index is 633. The second-order valence-corrected chi connectivity index (χ2v) is 7.56. The monoisotopic (exact) mass is 329 g/mol. The molecule has 0 bridgehead atoms. The number of rotatable bonds is 4. The highest BCUT2D eigenvalue weighted by atomic mass is 32.2. The summed E-state index contributed by atoms with van der Waals surface area (Å²) in [5, 5.41) is 0. The van der Waals surface area contributed by atoms with Crippen LogP contribution in [0, 0.1) is 11.7 Å². The number of primary amides is 1. The predicted octanol–water partition coefficient (Wildman–Crippen LogP) is 0.00440. The Kier molecular flexibility index (Phi) is 5.15. The van der Waals surface area contributed by atoms with Gasteiger partial charge in [-0.25, -0.2) is 17.1 Å². The summed E-state index contributed by atoms with van der Waals surface area (Å²) in [6, 6.07) is 6.10. The lowest BCUT2D eigenvalue weighted by Gasteiger charge is -2.22. The molecule has 0 saturated carbocycles. The van der Waals surface area contributed by atoms with Crippen molar-refractivity contribution in [1.82, 2.24) is 9.21 Å². The maximum Gasteiger partial charge on any atom is 0.223 e. The molecular formula is C14H20FN3O3S. The van der Waals surface area contributed by atoms with Crippen LogP contribution in [-0.4, -0.2) is 56.0 Å². The van der Waals surface area contributed by atoms with Crippen LogP contribution in [0.4, 0.5) is 4.39 Å². The van der Waals surface area contributed by atoms with Crippen molar-refractivity contribution in [2.75, 3.05) is 32.4 Å². The molecule has 122 valence electrons. The standard InChI is InChI=1S/C14H20FN3O3S/c1-22(20,21)18-7-6-17(9-12(10-18)14(16)19)8-11-2-4-13(15)5-3-11/h2-5,12H,6-10H2,1H3,(H2,16,19). The van der Waals surface area contributed by atoms with E-state index < -0.39 is 21.8 Å². The number of sulfonamides is 1. The Morgan fingerprint density at radius 3 is 2.45 bits per heavy atom. The Morgan fingerprint density at radius 2 is 1.91 bits per heavy atom. The quantitative estimate of drug-likeness (QED) is 0.843. The summed E-state index contributed by atoms with van der Waals surface area (Å²) in [5.74, 6) is -1.38. The molecule has 6 nitrogen and oxygen atoms in total. The molecule has 1 aromatic carbocycles. The van der Waals surface area contributed by atoms with Crippen LogP contribution in [0.1, 0.15) is 5.56 Å². The molecule has 2 rings (SSSR count). The zero-order valence-corrected chi connectivity index (χ0v) is 13.2. The minimum absolute atomic E-state index is 0.105. The predicted molar refractivity (Wildman–Crippen MR) is 80.8 cm³/mol. The largest absolute Gasteiger partial charge is 0.369 e. The van der Waals surface area contributed by atoms with E-state index in [1.54, 1.807) is 12.1 Å². The molecule has 1 atom stereocenters. The summed E-state index contributed by atoms with van der Waals surface area (Å²) in [5.41, 5.74) is 6.28. The van der Waals surface area contributed by atoms with Crippen LogP contribution in [-0.2, 0) is 21.4 Å². The number of hydrogen-bond acceptors (Lipinski definition) is 4. The minimum atomic E-state index is -3.37. The van der Waals surface area contributed by atoms with Gasteiger partial charge in [-0.3, -0.25) is 9.69 Å². The molecule has 2 N–H and O–H groups in total. The molecule has 1 aromatic rings. The molecule has 1 saturated heterocycles. The van der Waals surface area contributed by atoms with E-state index >= 15 is 0 Å². The molecule has 1 aliphatic heterocycles. The van der Waals surface area contributed by atoms with Crippen LogP contribution in [0.5, 0.6) is 0 Å². The molecule has 1 unspecified atom stereocenters. The number of carbonyl (C=O) groups excluding carboxylic acids is 1. The van der Waals surface area contributed by atoms with Gasteiger partial charge in [0, 0.05) is 32.7 Å². The maximum atomic E-state index is 12.9. The van der Waals surface area contributed by atoms with Gasteiger partial charge in [-0.15, -0.1) is 0 Å². The van der Waals surface area contributed by atoms with E-state index in [2.05, 4.69) is 0 Å². The molecular weight excluding hydrogens is 309 g/mol. The first-order valence-corrected chi connectivity index (χ1v) is 8.82. The van der Waals surface area contributed by atoms with E-state index in [0.717, 1.165) is 11.8 Å². The van der Waals surface area contributed by atoms with E-state index in [9.17, 15) is 17.6 Å². The maximum absolute atomic E-state index is 12.9. The van der Waals surface area contributed by atoms with Gasteiger partial charge in [0.2, 0.25) is 15.9 Å². The van der Waals surface area contributed by atoms with Crippen molar-refractivity contribution in [3.05, 3.63) is 35.6 Å². The third kappa shape index (κ3) is 4.49. The fourth-order valence-electron chi connectivity index (χ4n) is 2.52. The van der Waals surface area contributed by atoms with Crippen LogP contribution in [0.25, 0.3) is 0 Å². The number of nitrogens with two attached hydrogens (primary N) is 1. The average molecular weight is 329 g/mol. The summed E-state index contributed by atoms with van der Waals surface area (Å²) in [6.45, 7) is 1.81. The lowest BCUT2D eigenvalue weighted by molar-refractivity contribution is -0.122. The first kappa shape index (κ1) is 16.9. The molecule has 1 heterocycles. The molecule has 1 amide bonds. The molecule has 1 fully saturated rings. The zero-order chi connectivity index (χ0) is 16.3. The van der Waals surface area contributed by atoms with Gasteiger partial charge >= 0.3 is 0 Å². The van der Waals surface area contributed by atoms with Crippen LogP contribution in [0.15, 0.2) is 24.3 Å². The van der Waals surface area contributed by atoms with Crippen molar-refractivity contribution in [1.29, 1.82) is 0 Å². The number of carbonyl (C=O) groups is 1. The molecule has 8 heteroatoms. The van der Waals surface area contributed by atoms with Crippen LogP contribution >= 0.6 is 0 Å². The van der Waals surface area contributed by atoms with E-state index in [1.165, 1.54) is 16.4 Å². The zero-order valence-electron chi connectivity index (χ0n) is 12.4. The highest BCUT2D eigenvalue weighted by Crippen LogP contribution is 2.15. The normalized spacial score (nSPS) is 21.5. The fraction of sp³-hybridized carbons (Fsp3) is 0.500. The topological polar surface area (TPSA) is 83.7 Å². The lowest BCUT2D eigenvalue weighted by Crippen LogP contribution is -2.40. The first-order valence-electron chi connectivity index (χ1n) is 6.97. The van der Waals surface area contributed by atoms with Crippen LogP contribution in [0.2, 0.25) is 0 Å². The van der Waals surface area contributed by atoms with E-state index in [0.29, 0.717) is 26.2 Å². The summed E-state index contributed by atoms with van der Waals surface area (Å²) in [7, 11) is -3.37. The van der Waals surface area contributed by atoms with Gasteiger partial charge in [0.05, 0.1) is 12.2 Å². The molecule has 0 aliphatic carbocycles. The molecule has 1 aliphatic rings. The Morgan fingerprint density at radius 1 is 1.27 bits per heavy atom. The molecule has 22 heavy (non-hydrogen) atoms. The van der Waals surface area contributed by atoms with Gasteiger partial charge in [-0.05, 0) is 17.7 Å². The number of benzene rings is 1. The van der Waals surface area contributed by atoms with Gasteiger partial charge in [-0.2, -0.15) is 0 Å². The second-order valence-electron chi connectivity index (χ2n) is 5.58. The van der Waals surface area contributed by atoms with Crippen molar-refractivity contribution in [2.24, 2.45) is 11.7 Å². The number of amides is 1. The van der Waals surface area contributed by atoms with Crippen molar-refractivity contribution < 1.29 is 17.6 Å². The van der Waals surface area contributed by atoms with Gasteiger partial charge in [0.1, 0.15) is 5.82 Å². The number of halogens is 1. The fourth-order valence-corrected chi connectivity index (χ4v) is 3.39. The summed E-state index contributed by atoms with van der Waals surface area (Å²) in [6.07, 6.45) is 1.13. The van der Waals surface area contributed by atoms with Crippen molar-refractivity contribution in [3.8, 4) is 0 Å². The Hall–Kier alpha value is -1.51. The average Bonchev–Trinajstić information content (AvgIpc) is 2.64. The van der Waals surface area contributed by atoms with Gasteiger partial charge < -0.3 is 5.73 Å². The lowest BCUT2D eigenvalue weighted by atomic mass is 10.1. The minimum Gasteiger partial charge on any atom is -0.369 e. The third-order valence-corrected chi connectivity index (χ3v) is 5.03. The van der Waals surface area contributed by atoms with Crippen molar-refractivity contribution in [3.63, 3.8) is 0 Å². The van der Waals surface area contributed by atoms with Crippen LogP contribution in [0.3, 0.4) is 0 Å². The van der Waals surface area contributed by atoms with Crippen LogP contribution < -0.4 is 5.73 Å². The Labute approximate surface area is 129 Å². The van der Waals surface area contributed by atoms with E-state index in [1.807, 2.05) is 4.90 Å². The SMILES string of the molecule is CS(=O)(=O)N1CCN(Cc2ccc(F)cc2)CC(C(N)=O)C1. The van der Waals surface area contributed by atoms with Gasteiger partial charge in [0.25, 0.3) is 0 Å². The highest BCUT2D eigenvalue weighted by molar-refractivity contribution is 7.88. The molecule has 0 aromatic heterocycles. The summed E-state index contributed by atoms with van der Waals surface area (Å²) >= 11 is 0. The first-order chi connectivity index (χ1) is 10.3. The summed E-state index contributed by atoms with van der Waals surface area (Å²) < 4.78 is 37.7. The Balaban J connectivity index is 2.12. The van der Waals surface area contributed by atoms with E-state index in [4.69, 9.17) is 5.73 Å². The van der Waals surface area contributed by atoms with E-state index in [-0.39, 0.29) is 12.4 Å². The van der Waals surface area contributed by atoms with Gasteiger partial charge in [-0.1, -0.05) is 12.1 Å². The van der Waals surface area contributed by atoms with Crippen molar-refractivity contribution in [2.45, 2.75) is 6.54 Å². The van der Waals surface area contributed by atoms with Crippen molar-refractivity contribution >= 4 is 15.9 Å². The second kappa shape index (κ2) is 6.72. The van der Waals surface area contributed by atoms with Gasteiger partial charge in [0.15, 0.2) is 0 Å².